The van der Waals surface area contributed by atoms with Crippen molar-refractivity contribution in [1.82, 2.24) is 0 Å². The zero-order valence-electron chi connectivity index (χ0n) is 7.16. The monoisotopic (exact) mass is 168 g/mol. The smallest absolute Gasteiger partial charge is 0.548 e. The summed E-state index contributed by atoms with van der Waals surface area (Å²) in [6, 6.07) is 0. The summed E-state index contributed by atoms with van der Waals surface area (Å²) in [7, 11) is 0. The molecule has 12 heavy (non-hydrogen) atoms. The van der Waals surface area contributed by atoms with E-state index in [4.69, 9.17) is 0 Å². The number of carboxylic acids is 1. The van der Waals surface area contributed by atoms with E-state index in [0.29, 0.717) is 0 Å². The van der Waals surface area contributed by atoms with Gasteiger partial charge < -0.3 is 19.4 Å². The Morgan fingerprint density at radius 2 is 1.92 bits per heavy atom. The third kappa shape index (κ3) is 9.50. The van der Waals surface area contributed by atoms with Crippen LogP contribution in [0.25, 0.3) is 0 Å². The van der Waals surface area contributed by atoms with Crippen LogP contribution >= 0.6 is 0 Å². The standard InChI is InChI=1S/C6H10O5.Li/c1-2-11-6(9)4-10-3-5(7)8;/h2-4H2,1H3,(H,7,8);/q;+1/p-1. The van der Waals surface area contributed by atoms with Crippen LogP contribution in [0.5, 0.6) is 0 Å². The molecule has 0 aliphatic carbocycles. The first kappa shape index (κ1) is 14.0. The number of carbonyl (C=O) groups excluding carboxylic acids is 2. The van der Waals surface area contributed by atoms with E-state index in [1.165, 1.54) is 0 Å². The normalized spacial score (nSPS) is 8.42. The molecule has 64 valence electrons. The summed E-state index contributed by atoms with van der Waals surface area (Å²) in [5.41, 5.74) is 0. The van der Waals surface area contributed by atoms with Gasteiger partial charge in [0.15, 0.2) is 0 Å². The van der Waals surface area contributed by atoms with E-state index < -0.39 is 18.5 Å². The van der Waals surface area contributed by atoms with E-state index in [-0.39, 0.29) is 32.1 Å². The molecule has 0 radical (unpaired) electrons. The van der Waals surface area contributed by atoms with E-state index in [1.54, 1.807) is 6.92 Å². The van der Waals surface area contributed by atoms with Crippen LogP contribution in [0.4, 0.5) is 0 Å². The van der Waals surface area contributed by atoms with E-state index in [1.807, 2.05) is 0 Å². The molecule has 0 amide bonds. The maximum Gasteiger partial charge on any atom is 1.00 e. The van der Waals surface area contributed by atoms with Crippen molar-refractivity contribution < 1.29 is 43.0 Å². The molecule has 0 aliphatic rings. The number of aliphatic carboxylic acids is 1. The Balaban J connectivity index is 0. The molecule has 6 heteroatoms. The summed E-state index contributed by atoms with van der Waals surface area (Å²) in [6.07, 6.45) is 0. The van der Waals surface area contributed by atoms with Crippen LogP contribution in [0, 0.1) is 0 Å². The number of ether oxygens (including phenoxy) is 2. The average Bonchev–Trinajstić information content (AvgIpc) is 1.87. The molecule has 0 N–H and O–H groups in total. The third-order valence-corrected chi connectivity index (χ3v) is 0.745. The third-order valence-electron chi connectivity index (χ3n) is 0.745. The molecular weight excluding hydrogens is 159 g/mol. The predicted molar refractivity (Wildman–Crippen MR) is 32.5 cm³/mol. The van der Waals surface area contributed by atoms with Crippen molar-refractivity contribution in [3.05, 3.63) is 0 Å². The van der Waals surface area contributed by atoms with Crippen molar-refractivity contribution in [2.75, 3.05) is 19.8 Å². The Kier molecular flexibility index (Phi) is 10.1. The van der Waals surface area contributed by atoms with Crippen LogP contribution in [0.15, 0.2) is 0 Å². The topological polar surface area (TPSA) is 75.7 Å². The van der Waals surface area contributed by atoms with Crippen molar-refractivity contribution in [3.63, 3.8) is 0 Å². The first-order chi connectivity index (χ1) is 5.16. The quantitative estimate of drug-likeness (QED) is 0.304. The molecule has 0 aromatic carbocycles. The minimum absolute atomic E-state index is 0. The van der Waals surface area contributed by atoms with Gasteiger partial charge in [-0.05, 0) is 6.92 Å². The van der Waals surface area contributed by atoms with Gasteiger partial charge >= 0.3 is 24.8 Å². The summed E-state index contributed by atoms with van der Waals surface area (Å²) in [4.78, 5) is 20.2. The van der Waals surface area contributed by atoms with Gasteiger partial charge in [-0.1, -0.05) is 0 Å². The summed E-state index contributed by atoms with van der Waals surface area (Å²) >= 11 is 0. The van der Waals surface area contributed by atoms with Crippen molar-refractivity contribution in [1.29, 1.82) is 0 Å². The molecular formula is C6H9LiO5. The van der Waals surface area contributed by atoms with E-state index in [0.717, 1.165) is 0 Å². The fraction of sp³-hybridized carbons (Fsp3) is 0.667. The fourth-order valence-electron chi connectivity index (χ4n) is 0.420. The molecule has 0 spiro atoms. The molecule has 0 bridgehead atoms. The number of carbonyl (C=O) groups is 2. The van der Waals surface area contributed by atoms with Crippen molar-refractivity contribution in [3.8, 4) is 0 Å². The van der Waals surface area contributed by atoms with Crippen LogP contribution < -0.4 is 24.0 Å². The molecule has 0 atom stereocenters. The second kappa shape index (κ2) is 8.59. The van der Waals surface area contributed by atoms with Gasteiger partial charge in [0.25, 0.3) is 0 Å². The minimum Gasteiger partial charge on any atom is -0.548 e. The van der Waals surface area contributed by atoms with Gasteiger partial charge in [-0.25, -0.2) is 4.79 Å². The first-order valence-electron chi connectivity index (χ1n) is 3.10. The van der Waals surface area contributed by atoms with E-state index >= 15 is 0 Å². The second-order valence-corrected chi connectivity index (χ2v) is 1.67. The zero-order chi connectivity index (χ0) is 8.69. The molecule has 0 saturated heterocycles. The summed E-state index contributed by atoms with van der Waals surface area (Å²) in [6.45, 7) is 0.977. The summed E-state index contributed by atoms with van der Waals surface area (Å²) in [5, 5.41) is 9.75. The van der Waals surface area contributed by atoms with Crippen LogP contribution in [0.3, 0.4) is 0 Å². The van der Waals surface area contributed by atoms with Crippen molar-refractivity contribution in [2.24, 2.45) is 0 Å². The molecule has 0 aliphatic heterocycles. The SMILES string of the molecule is CCOC(=O)COCC(=O)[O-].[Li+]. The second-order valence-electron chi connectivity index (χ2n) is 1.67. The van der Waals surface area contributed by atoms with Crippen LogP contribution in [0.2, 0.25) is 0 Å². The molecule has 0 saturated carbocycles. The molecule has 0 unspecified atom stereocenters. The molecule has 5 nitrogen and oxygen atoms in total. The number of hydrogen-bond donors (Lipinski definition) is 0. The Hall–Kier alpha value is -0.503. The molecule has 0 heterocycles. The van der Waals surface area contributed by atoms with Gasteiger partial charge in [0.2, 0.25) is 0 Å². The molecule has 0 rings (SSSR count). The number of esters is 1. The van der Waals surface area contributed by atoms with Gasteiger partial charge in [-0.2, -0.15) is 0 Å². The van der Waals surface area contributed by atoms with Crippen LogP contribution in [-0.4, -0.2) is 31.8 Å². The Labute approximate surface area is 82.2 Å². The van der Waals surface area contributed by atoms with Gasteiger partial charge in [0.05, 0.1) is 19.2 Å². The zero-order valence-corrected chi connectivity index (χ0v) is 7.16. The first-order valence-corrected chi connectivity index (χ1v) is 3.10. The summed E-state index contributed by atoms with van der Waals surface area (Å²) in [5.74, 6) is -1.93. The fourth-order valence-corrected chi connectivity index (χ4v) is 0.420. The van der Waals surface area contributed by atoms with E-state index in [2.05, 4.69) is 9.47 Å². The molecule has 0 fully saturated rings. The molecule has 0 aromatic heterocycles. The van der Waals surface area contributed by atoms with Gasteiger partial charge in [0, 0.05) is 0 Å². The summed E-state index contributed by atoms with van der Waals surface area (Å²) < 4.78 is 8.82. The van der Waals surface area contributed by atoms with Gasteiger partial charge in [-0.3, -0.25) is 0 Å². The Bertz CT molecular complexity index is 147. The van der Waals surface area contributed by atoms with Crippen molar-refractivity contribution in [2.45, 2.75) is 6.92 Å². The van der Waals surface area contributed by atoms with Gasteiger partial charge in [0.1, 0.15) is 6.61 Å². The van der Waals surface area contributed by atoms with Crippen molar-refractivity contribution >= 4 is 11.9 Å². The minimum atomic E-state index is -1.35. The Morgan fingerprint density at radius 1 is 1.33 bits per heavy atom. The Morgan fingerprint density at radius 3 is 2.33 bits per heavy atom. The predicted octanol–water partition coefficient (Wildman–Crippen LogP) is -4.68. The van der Waals surface area contributed by atoms with Gasteiger partial charge in [-0.15, -0.1) is 0 Å². The largest absolute Gasteiger partial charge is 1.00 e. The van der Waals surface area contributed by atoms with E-state index in [9.17, 15) is 14.7 Å². The number of carboxylic acid groups (broad SMARTS) is 1. The average molecular weight is 168 g/mol. The van der Waals surface area contributed by atoms with Crippen LogP contribution in [-0.2, 0) is 19.1 Å². The number of rotatable bonds is 5. The number of hydrogen-bond acceptors (Lipinski definition) is 5. The van der Waals surface area contributed by atoms with Crippen LogP contribution in [0.1, 0.15) is 6.92 Å². The maximum atomic E-state index is 10.5. The maximum absolute atomic E-state index is 10.5. The molecule has 0 aromatic rings.